The van der Waals surface area contributed by atoms with E-state index in [1.165, 1.54) is 31.0 Å². The number of aromatic nitrogens is 4. The van der Waals surface area contributed by atoms with Crippen LogP contribution in [0.5, 0.6) is 0 Å². The molecule has 0 spiro atoms. The number of nitrogens with zero attached hydrogens (tertiary/aromatic N) is 5. The fraction of sp³-hybridized carbons (Fsp3) is 0.846. The van der Waals surface area contributed by atoms with Crippen molar-refractivity contribution in [3.05, 3.63) is 0 Å². The van der Waals surface area contributed by atoms with Crippen molar-refractivity contribution in [2.24, 2.45) is 0 Å². The third-order valence-electron chi connectivity index (χ3n) is 3.82. The minimum atomic E-state index is 0.151. The fourth-order valence-electron chi connectivity index (χ4n) is 2.63. The first kappa shape index (κ1) is 15.3. The van der Waals surface area contributed by atoms with Crippen LogP contribution in [0.25, 0.3) is 0 Å². The van der Waals surface area contributed by atoms with E-state index in [4.69, 9.17) is 0 Å². The summed E-state index contributed by atoms with van der Waals surface area (Å²) in [5.74, 6) is 0.563. The smallest absolute Gasteiger partial charge is 0.233 e. The summed E-state index contributed by atoms with van der Waals surface area (Å²) in [5.41, 5.74) is 0. The Kier molecular flexibility index (Phi) is 5.82. The molecule has 20 heavy (non-hydrogen) atoms. The maximum atomic E-state index is 12.0. The second-order valence-electron chi connectivity index (χ2n) is 5.05. The van der Waals surface area contributed by atoms with Gasteiger partial charge in [0.05, 0.1) is 11.8 Å². The summed E-state index contributed by atoms with van der Waals surface area (Å²) < 4.78 is 1.92. The zero-order valence-electron chi connectivity index (χ0n) is 12.3. The number of tetrazole rings is 1. The van der Waals surface area contributed by atoms with Gasteiger partial charge in [-0.15, -0.1) is 5.10 Å². The Hall–Kier alpha value is -1.11. The van der Waals surface area contributed by atoms with Crippen LogP contribution >= 0.6 is 11.8 Å². The van der Waals surface area contributed by atoms with Crippen LogP contribution in [0.15, 0.2) is 5.16 Å². The SMILES string of the molecule is CCN(CC)C(=O)CSc1nnnn1C1CCCCC1. The molecular formula is C13H23N5OS. The van der Waals surface area contributed by atoms with Crippen LogP contribution in [0.3, 0.4) is 0 Å². The van der Waals surface area contributed by atoms with Crippen molar-refractivity contribution >= 4 is 17.7 Å². The highest BCUT2D eigenvalue weighted by molar-refractivity contribution is 7.99. The van der Waals surface area contributed by atoms with Gasteiger partial charge in [0, 0.05) is 13.1 Å². The van der Waals surface area contributed by atoms with E-state index >= 15 is 0 Å². The first-order chi connectivity index (χ1) is 9.76. The van der Waals surface area contributed by atoms with Crippen LogP contribution < -0.4 is 0 Å². The van der Waals surface area contributed by atoms with Crippen molar-refractivity contribution in [2.45, 2.75) is 57.1 Å². The fourth-order valence-corrected chi connectivity index (χ4v) is 3.48. The molecule has 0 unspecified atom stereocenters. The molecule has 112 valence electrons. The predicted molar refractivity (Wildman–Crippen MR) is 78.6 cm³/mol. The number of rotatable bonds is 6. The molecule has 0 aliphatic heterocycles. The van der Waals surface area contributed by atoms with Gasteiger partial charge >= 0.3 is 0 Å². The molecule has 2 rings (SSSR count). The first-order valence-corrected chi connectivity index (χ1v) is 8.43. The Morgan fingerprint density at radius 1 is 1.30 bits per heavy atom. The highest BCUT2D eigenvalue weighted by Crippen LogP contribution is 2.30. The summed E-state index contributed by atoms with van der Waals surface area (Å²) in [4.78, 5) is 13.9. The van der Waals surface area contributed by atoms with Gasteiger partial charge in [-0.25, -0.2) is 4.68 Å². The lowest BCUT2D eigenvalue weighted by molar-refractivity contribution is -0.127. The molecule has 1 aromatic rings. The van der Waals surface area contributed by atoms with Crippen molar-refractivity contribution < 1.29 is 4.79 Å². The number of amides is 1. The number of carbonyl (C=O) groups is 1. The average molecular weight is 297 g/mol. The van der Waals surface area contributed by atoms with Gasteiger partial charge < -0.3 is 4.90 Å². The summed E-state index contributed by atoms with van der Waals surface area (Å²) in [6.45, 7) is 5.50. The van der Waals surface area contributed by atoms with E-state index in [2.05, 4.69) is 15.5 Å². The largest absolute Gasteiger partial charge is 0.343 e. The van der Waals surface area contributed by atoms with Crippen LogP contribution in [0.2, 0.25) is 0 Å². The predicted octanol–water partition coefficient (Wildman–Crippen LogP) is 2.14. The Morgan fingerprint density at radius 2 is 2.00 bits per heavy atom. The third-order valence-corrected chi connectivity index (χ3v) is 4.74. The van der Waals surface area contributed by atoms with E-state index in [9.17, 15) is 4.79 Å². The standard InChI is InChI=1S/C13H23N5OS/c1-3-17(4-2)12(19)10-20-13-14-15-16-18(13)11-8-6-5-7-9-11/h11H,3-10H2,1-2H3. The van der Waals surface area contributed by atoms with Crippen molar-refractivity contribution in [2.75, 3.05) is 18.8 Å². The molecular weight excluding hydrogens is 274 g/mol. The lowest BCUT2D eigenvalue weighted by atomic mass is 9.96. The zero-order valence-corrected chi connectivity index (χ0v) is 13.1. The van der Waals surface area contributed by atoms with Gasteiger partial charge in [0.15, 0.2) is 0 Å². The van der Waals surface area contributed by atoms with Crippen LogP contribution in [0.1, 0.15) is 52.0 Å². The minimum Gasteiger partial charge on any atom is -0.343 e. The van der Waals surface area contributed by atoms with Crippen LogP contribution in [-0.4, -0.2) is 49.9 Å². The van der Waals surface area contributed by atoms with Crippen molar-refractivity contribution in [3.8, 4) is 0 Å². The Bertz CT molecular complexity index is 426. The number of carbonyl (C=O) groups excluding carboxylic acids is 1. The molecule has 0 aromatic carbocycles. The number of hydrogen-bond donors (Lipinski definition) is 0. The van der Waals surface area contributed by atoms with E-state index < -0.39 is 0 Å². The highest BCUT2D eigenvalue weighted by Gasteiger charge is 2.21. The van der Waals surface area contributed by atoms with Gasteiger partial charge in [0.25, 0.3) is 0 Å². The monoisotopic (exact) mass is 297 g/mol. The number of thioether (sulfide) groups is 1. The summed E-state index contributed by atoms with van der Waals surface area (Å²) in [5, 5.41) is 12.7. The third kappa shape index (κ3) is 3.71. The molecule has 1 heterocycles. The molecule has 1 amide bonds. The maximum Gasteiger partial charge on any atom is 0.233 e. The van der Waals surface area contributed by atoms with E-state index in [-0.39, 0.29) is 5.91 Å². The molecule has 1 saturated carbocycles. The van der Waals surface area contributed by atoms with Crippen LogP contribution in [0.4, 0.5) is 0 Å². The van der Waals surface area contributed by atoms with Gasteiger partial charge in [-0.2, -0.15) is 0 Å². The lowest BCUT2D eigenvalue weighted by Crippen LogP contribution is -2.32. The quantitative estimate of drug-likeness (QED) is 0.753. The van der Waals surface area contributed by atoms with Gasteiger partial charge in [-0.1, -0.05) is 31.0 Å². The molecule has 0 radical (unpaired) electrons. The number of hydrogen-bond acceptors (Lipinski definition) is 5. The maximum absolute atomic E-state index is 12.0. The molecule has 1 aliphatic rings. The van der Waals surface area contributed by atoms with E-state index in [1.54, 1.807) is 0 Å². The molecule has 0 N–H and O–H groups in total. The summed E-state index contributed by atoms with van der Waals surface area (Å²) in [6, 6.07) is 0.407. The van der Waals surface area contributed by atoms with Gasteiger partial charge in [0.2, 0.25) is 11.1 Å². The van der Waals surface area contributed by atoms with Gasteiger partial charge in [-0.3, -0.25) is 4.79 Å². The molecule has 6 nitrogen and oxygen atoms in total. The molecule has 1 aromatic heterocycles. The highest BCUT2D eigenvalue weighted by atomic mass is 32.2. The summed E-state index contributed by atoms with van der Waals surface area (Å²) >= 11 is 1.45. The second kappa shape index (κ2) is 7.61. The van der Waals surface area contributed by atoms with Crippen molar-refractivity contribution in [1.29, 1.82) is 0 Å². The molecule has 1 fully saturated rings. The molecule has 1 aliphatic carbocycles. The molecule has 0 saturated heterocycles. The summed E-state index contributed by atoms with van der Waals surface area (Å²) in [7, 11) is 0. The average Bonchev–Trinajstić information content (AvgIpc) is 2.95. The molecule has 0 bridgehead atoms. The minimum absolute atomic E-state index is 0.151. The van der Waals surface area contributed by atoms with E-state index in [0.717, 1.165) is 31.1 Å². The van der Waals surface area contributed by atoms with E-state index in [1.807, 2.05) is 23.4 Å². The normalized spacial score (nSPS) is 16.3. The van der Waals surface area contributed by atoms with Crippen LogP contribution in [-0.2, 0) is 4.79 Å². The molecule has 0 atom stereocenters. The lowest BCUT2D eigenvalue weighted by Gasteiger charge is -2.22. The summed E-state index contributed by atoms with van der Waals surface area (Å²) in [6.07, 6.45) is 6.08. The Balaban J connectivity index is 1.93. The van der Waals surface area contributed by atoms with Crippen molar-refractivity contribution in [3.63, 3.8) is 0 Å². The first-order valence-electron chi connectivity index (χ1n) is 7.44. The van der Waals surface area contributed by atoms with Gasteiger partial charge in [0.1, 0.15) is 0 Å². The Morgan fingerprint density at radius 3 is 2.65 bits per heavy atom. The second-order valence-corrected chi connectivity index (χ2v) is 6.00. The van der Waals surface area contributed by atoms with Crippen LogP contribution in [0, 0.1) is 0 Å². The zero-order chi connectivity index (χ0) is 14.4. The van der Waals surface area contributed by atoms with Crippen molar-refractivity contribution in [1.82, 2.24) is 25.1 Å². The van der Waals surface area contributed by atoms with E-state index in [0.29, 0.717) is 11.8 Å². The Labute approximate surface area is 124 Å². The molecule has 7 heteroatoms. The topological polar surface area (TPSA) is 63.9 Å². The van der Waals surface area contributed by atoms with Gasteiger partial charge in [-0.05, 0) is 37.1 Å².